The fourth-order valence-corrected chi connectivity index (χ4v) is 3.39. The number of rotatable bonds is 10. The second-order valence-corrected chi connectivity index (χ2v) is 8.50. The molecule has 0 N–H and O–H groups in total. The number of hydrogen-bond donors (Lipinski definition) is 0. The average molecular weight is 410 g/mol. The number of ketones is 2. The maximum atomic E-state index is 12.7. The van der Waals surface area contributed by atoms with Gasteiger partial charge in [0.15, 0.2) is 11.6 Å². The molecular formula is C25H35N3O2. The van der Waals surface area contributed by atoms with E-state index in [4.69, 9.17) is 0 Å². The Morgan fingerprint density at radius 3 is 1.20 bits per heavy atom. The van der Waals surface area contributed by atoms with Gasteiger partial charge >= 0.3 is 0 Å². The van der Waals surface area contributed by atoms with E-state index < -0.39 is 0 Å². The first-order valence-electron chi connectivity index (χ1n) is 10.4. The van der Waals surface area contributed by atoms with Gasteiger partial charge in [-0.05, 0) is 69.4 Å². The third-order valence-electron chi connectivity index (χ3n) is 5.76. The Hall–Kier alpha value is -2.66. The van der Waals surface area contributed by atoms with Crippen molar-refractivity contribution in [1.82, 2.24) is 4.90 Å². The summed E-state index contributed by atoms with van der Waals surface area (Å²) in [5, 5.41) is 0. The summed E-state index contributed by atoms with van der Waals surface area (Å²) < 4.78 is 0. The Morgan fingerprint density at radius 1 is 0.633 bits per heavy atom. The van der Waals surface area contributed by atoms with Crippen molar-refractivity contribution in [2.45, 2.75) is 38.8 Å². The third kappa shape index (κ3) is 6.17. The first-order valence-corrected chi connectivity index (χ1v) is 10.4. The first-order chi connectivity index (χ1) is 14.1. The van der Waals surface area contributed by atoms with Gasteiger partial charge in [-0.1, -0.05) is 0 Å². The molecule has 0 saturated carbocycles. The van der Waals surface area contributed by atoms with Gasteiger partial charge in [-0.2, -0.15) is 0 Å². The Labute approximate surface area is 181 Å². The molecule has 0 spiro atoms. The van der Waals surface area contributed by atoms with Crippen LogP contribution in [-0.4, -0.2) is 63.8 Å². The second kappa shape index (κ2) is 10.4. The molecule has 0 aliphatic carbocycles. The zero-order valence-corrected chi connectivity index (χ0v) is 19.3. The number of anilines is 2. The highest BCUT2D eigenvalue weighted by Crippen LogP contribution is 2.18. The van der Waals surface area contributed by atoms with E-state index in [1.807, 2.05) is 107 Å². The molecule has 0 amide bonds. The predicted molar refractivity (Wildman–Crippen MR) is 126 cm³/mol. The maximum absolute atomic E-state index is 12.7. The average Bonchev–Trinajstić information content (AvgIpc) is 2.72. The molecule has 30 heavy (non-hydrogen) atoms. The number of carbonyl (C=O) groups excluding carboxylic acids is 2. The Balaban J connectivity index is 1.93. The number of nitrogens with zero attached hydrogens (tertiary/aromatic N) is 3. The monoisotopic (exact) mass is 409 g/mol. The largest absolute Gasteiger partial charge is 0.378 e. The predicted octanol–water partition coefficient (Wildman–Crippen LogP) is 4.37. The Bertz CT molecular complexity index is 770. The number of carbonyl (C=O) groups is 2. The third-order valence-corrected chi connectivity index (χ3v) is 5.76. The van der Waals surface area contributed by atoms with Gasteiger partial charge in [0.25, 0.3) is 0 Å². The Morgan fingerprint density at radius 2 is 0.933 bits per heavy atom. The molecule has 0 radical (unpaired) electrons. The van der Waals surface area contributed by atoms with Gasteiger partial charge in [-0.3, -0.25) is 9.59 Å². The molecule has 2 unspecified atom stereocenters. The van der Waals surface area contributed by atoms with Crippen molar-refractivity contribution >= 4 is 22.9 Å². The van der Waals surface area contributed by atoms with E-state index in [0.29, 0.717) is 12.8 Å². The second-order valence-electron chi connectivity index (χ2n) is 8.50. The van der Waals surface area contributed by atoms with Crippen molar-refractivity contribution in [3.63, 3.8) is 0 Å². The molecule has 2 rings (SSSR count). The lowest BCUT2D eigenvalue weighted by Crippen LogP contribution is -2.39. The molecule has 0 bridgehead atoms. The van der Waals surface area contributed by atoms with Gasteiger partial charge in [0, 0.05) is 75.6 Å². The van der Waals surface area contributed by atoms with Crippen LogP contribution < -0.4 is 9.80 Å². The van der Waals surface area contributed by atoms with Crippen molar-refractivity contribution in [2.24, 2.45) is 0 Å². The highest BCUT2D eigenvalue weighted by molar-refractivity contribution is 5.97. The molecule has 0 aliphatic heterocycles. The molecular weight excluding hydrogens is 374 g/mol. The standard InChI is InChI=1S/C25H35N3O2/c1-18(16-24(29)20-8-12-22(13-9-20)26(3)4)28(7)19(2)17-25(30)21-10-14-23(15-11-21)27(5)6/h8-15,18-19H,16-17H2,1-7H3. The fraction of sp³-hybridized carbons (Fsp3) is 0.440. The molecule has 2 atom stereocenters. The molecule has 0 heterocycles. The smallest absolute Gasteiger partial charge is 0.164 e. The zero-order chi connectivity index (χ0) is 22.4. The SMILES string of the molecule is CC(CC(=O)c1ccc(N(C)C)cc1)N(C)C(C)CC(=O)c1ccc(N(C)C)cc1. The van der Waals surface area contributed by atoms with E-state index in [1.54, 1.807) is 0 Å². The van der Waals surface area contributed by atoms with E-state index in [1.165, 1.54) is 0 Å². The fourth-order valence-electron chi connectivity index (χ4n) is 3.39. The molecule has 5 heteroatoms. The van der Waals surface area contributed by atoms with Crippen LogP contribution in [0.5, 0.6) is 0 Å². The van der Waals surface area contributed by atoms with Gasteiger partial charge in [-0.25, -0.2) is 0 Å². The molecule has 162 valence electrons. The topological polar surface area (TPSA) is 43.9 Å². The van der Waals surface area contributed by atoms with Gasteiger partial charge in [0.05, 0.1) is 0 Å². The van der Waals surface area contributed by atoms with Gasteiger partial charge in [0.1, 0.15) is 0 Å². The van der Waals surface area contributed by atoms with Crippen molar-refractivity contribution in [3.8, 4) is 0 Å². The van der Waals surface area contributed by atoms with Crippen LogP contribution in [0.4, 0.5) is 11.4 Å². The van der Waals surface area contributed by atoms with Crippen molar-refractivity contribution in [3.05, 3.63) is 59.7 Å². The van der Waals surface area contributed by atoms with E-state index in [9.17, 15) is 9.59 Å². The molecule has 0 aromatic heterocycles. The van der Waals surface area contributed by atoms with Gasteiger partial charge in [-0.15, -0.1) is 0 Å². The summed E-state index contributed by atoms with van der Waals surface area (Å²) in [7, 11) is 9.90. The number of Topliss-reactive ketones (excluding diaryl/α,β-unsaturated/α-hetero) is 2. The van der Waals surface area contributed by atoms with E-state index in [0.717, 1.165) is 22.5 Å². The zero-order valence-electron chi connectivity index (χ0n) is 19.3. The molecule has 2 aromatic carbocycles. The quantitative estimate of drug-likeness (QED) is 0.545. The molecule has 0 saturated heterocycles. The van der Waals surface area contributed by atoms with E-state index in [2.05, 4.69) is 4.90 Å². The summed E-state index contributed by atoms with van der Waals surface area (Å²) in [6.45, 7) is 4.08. The van der Waals surface area contributed by atoms with Crippen LogP contribution in [-0.2, 0) is 0 Å². The lowest BCUT2D eigenvalue weighted by atomic mass is 10.00. The van der Waals surface area contributed by atoms with Crippen LogP contribution in [0, 0.1) is 0 Å². The van der Waals surface area contributed by atoms with Crippen LogP contribution in [0.3, 0.4) is 0 Å². The normalized spacial score (nSPS) is 13.1. The molecule has 0 aliphatic rings. The van der Waals surface area contributed by atoms with Crippen LogP contribution in [0.15, 0.2) is 48.5 Å². The summed E-state index contributed by atoms with van der Waals surface area (Å²) in [5.41, 5.74) is 3.60. The summed E-state index contributed by atoms with van der Waals surface area (Å²) in [4.78, 5) is 31.5. The van der Waals surface area contributed by atoms with Crippen LogP contribution in [0.1, 0.15) is 47.4 Å². The summed E-state index contributed by atoms with van der Waals surface area (Å²) in [6.07, 6.45) is 0.849. The number of hydrogen-bond acceptors (Lipinski definition) is 5. The van der Waals surface area contributed by atoms with Gasteiger partial charge in [0.2, 0.25) is 0 Å². The first kappa shape index (κ1) is 23.6. The van der Waals surface area contributed by atoms with Crippen LogP contribution in [0.2, 0.25) is 0 Å². The maximum Gasteiger partial charge on any atom is 0.164 e. The van der Waals surface area contributed by atoms with Crippen LogP contribution in [0.25, 0.3) is 0 Å². The minimum Gasteiger partial charge on any atom is -0.378 e. The minimum atomic E-state index is 0.0462. The molecule has 5 nitrogen and oxygen atoms in total. The van der Waals surface area contributed by atoms with Crippen molar-refractivity contribution < 1.29 is 9.59 Å². The summed E-state index contributed by atoms with van der Waals surface area (Å²) in [5.74, 6) is 0.245. The lowest BCUT2D eigenvalue weighted by Gasteiger charge is -2.30. The summed E-state index contributed by atoms with van der Waals surface area (Å²) >= 11 is 0. The number of benzene rings is 2. The van der Waals surface area contributed by atoms with Crippen molar-refractivity contribution in [1.29, 1.82) is 0 Å². The minimum absolute atomic E-state index is 0.0462. The summed E-state index contributed by atoms with van der Waals surface area (Å²) in [6, 6.07) is 15.5. The van der Waals surface area contributed by atoms with Crippen LogP contribution >= 0.6 is 0 Å². The molecule has 2 aromatic rings. The highest BCUT2D eigenvalue weighted by atomic mass is 16.1. The Kier molecular flexibility index (Phi) is 8.18. The van der Waals surface area contributed by atoms with E-state index in [-0.39, 0.29) is 23.7 Å². The molecule has 0 fully saturated rings. The van der Waals surface area contributed by atoms with E-state index >= 15 is 0 Å². The van der Waals surface area contributed by atoms with Crippen molar-refractivity contribution in [2.75, 3.05) is 45.0 Å². The highest BCUT2D eigenvalue weighted by Gasteiger charge is 2.22. The lowest BCUT2D eigenvalue weighted by molar-refractivity contribution is 0.0877. The van der Waals surface area contributed by atoms with Gasteiger partial charge < -0.3 is 14.7 Å².